The third-order valence-electron chi connectivity index (χ3n) is 2.61. The summed E-state index contributed by atoms with van der Waals surface area (Å²) < 4.78 is 0. The fourth-order valence-corrected chi connectivity index (χ4v) is 2.88. The van der Waals surface area contributed by atoms with Crippen LogP contribution in [0.3, 0.4) is 0 Å². The van der Waals surface area contributed by atoms with Crippen molar-refractivity contribution in [2.24, 2.45) is 5.73 Å². The molecule has 0 aliphatic heterocycles. The van der Waals surface area contributed by atoms with Crippen LogP contribution in [0.25, 0.3) is 11.3 Å². The molecule has 2 N–H and O–H groups in total. The molecule has 2 aromatic rings. The first-order valence-corrected chi connectivity index (χ1v) is 6.74. The highest BCUT2D eigenvalue weighted by molar-refractivity contribution is 7.12. The fourth-order valence-electron chi connectivity index (χ4n) is 1.79. The van der Waals surface area contributed by atoms with E-state index in [2.05, 4.69) is 11.1 Å². The van der Waals surface area contributed by atoms with E-state index < -0.39 is 0 Å². The summed E-state index contributed by atoms with van der Waals surface area (Å²) in [6, 6.07) is 6.02. The average molecular weight is 267 g/mol. The first-order valence-electron chi connectivity index (χ1n) is 5.54. The molecule has 0 saturated carbocycles. The maximum Gasteiger partial charge on any atom is 0.0904 e. The second-order valence-corrected chi connectivity index (χ2v) is 5.70. The number of hydrogen-bond donors (Lipinski definition) is 1. The highest BCUT2D eigenvalue weighted by Crippen LogP contribution is 2.30. The van der Waals surface area contributed by atoms with Crippen LogP contribution in [0.4, 0.5) is 0 Å². The largest absolute Gasteiger partial charge is 0.330 e. The number of thiazole rings is 1. The van der Waals surface area contributed by atoms with Crippen molar-refractivity contribution in [3.63, 3.8) is 0 Å². The predicted molar refractivity (Wildman–Crippen MR) is 74.8 cm³/mol. The molecule has 1 aromatic carbocycles. The molecule has 0 aliphatic carbocycles. The summed E-state index contributed by atoms with van der Waals surface area (Å²) >= 11 is 7.76. The minimum Gasteiger partial charge on any atom is -0.330 e. The van der Waals surface area contributed by atoms with Gasteiger partial charge in [-0.2, -0.15) is 0 Å². The Balaban J connectivity index is 2.47. The molecule has 0 spiro atoms. The Morgan fingerprint density at radius 1 is 1.35 bits per heavy atom. The molecule has 0 aliphatic rings. The zero-order chi connectivity index (χ0) is 12.4. The van der Waals surface area contributed by atoms with E-state index >= 15 is 0 Å². The third kappa shape index (κ3) is 2.68. The number of hydrogen-bond acceptors (Lipinski definition) is 3. The fraction of sp³-hybridized carbons (Fsp3) is 0.308. The molecule has 0 atom stereocenters. The van der Waals surface area contributed by atoms with Crippen LogP contribution in [-0.2, 0) is 6.42 Å². The molecule has 0 unspecified atom stereocenters. The zero-order valence-corrected chi connectivity index (χ0v) is 11.5. The van der Waals surface area contributed by atoms with Gasteiger partial charge in [-0.15, -0.1) is 11.3 Å². The highest BCUT2D eigenvalue weighted by Gasteiger charge is 2.11. The van der Waals surface area contributed by atoms with E-state index in [1.165, 1.54) is 4.88 Å². The molecule has 0 amide bonds. The number of aryl methyl sites for hydroxylation is 2. The molecule has 2 rings (SSSR count). The van der Waals surface area contributed by atoms with E-state index in [0.717, 1.165) is 33.3 Å². The number of nitrogens with zero attached hydrogens (tertiary/aromatic N) is 1. The molecule has 0 saturated heterocycles. The van der Waals surface area contributed by atoms with Gasteiger partial charge in [0.1, 0.15) is 0 Å². The van der Waals surface area contributed by atoms with Gasteiger partial charge in [0.25, 0.3) is 0 Å². The number of benzene rings is 1. The number of aromatic nitrogens is 1. The minimum atomic E-state index is 0.654. The lowest BCUT2D eigenvalue weighted by atomic mass is 10.1. The van der Waals surface area contributed by atoms with Crippen LogP contribution in [0.2, 0.25) is 5.02 Å². The molecule has 17 heavy (non-hydrogen) atoms. The number of halogens is 1. The smallest absolute Gasteiger partial charge is 0.0904 e. The topological polar surface area (TPSA) is 38.9 Å². The number of nitrogens with two attached hydrogens (primary N) is 1. The standard InChI is InChI=1S/C13H15ClN2S/c1-8-7-10(3-4-11(8)14)13-12(5-6-15)17-9(2)16-13/h3-4,7H,5-6,15H2,1-2H3. The van der Waals surface area contributed by atoms with Crippen molar-refractivity contribution in [2.75, 3.05) is 6.54 Å². The first-order chi connectivity index (χ1) is 8.11. The van der Waals surface area contributed by atoms with Gasteiger partial charge in [0.2, 0.25) is 0 Å². The van der Waals surface area contributed by atoms with E-state index in [1.54, 1.807) is 11.3 Å². The third-order valence-corrected chi connectivity index (χ3v) is 4.06. The summed E-state index contributed by atoms with van der Waals surface area (Å²) in [5.41, 5.74) is 8.88. The van der Waals surface area contributed by atoms with Gasteiger partial charge in [-0.1, -0.05) is 17.7 Å². The van der Waals surface area contributed by atoms with Crippen molar-refractivity contribution in [1.82, 2.24) is 4.98 Å². The van der Waals surface area contributed by atoms with Crippen molar-refractivity contribution in [3.05, 3.63) is 38.7 Å². The van der Waals surface area contributed by atoms with Crippen molar-refractivity contribution in [2.45, 2.75) is 20.3 Å². The molecule has 1 aromatic heterocycles. The molecule has 2 nitrogen and oxygen atoms in total. The SMILES string of the molecule is Cc1nc(-c2ccc(Cl)c(C)c2)c(CCN)s1. The monoisotopic (exact) mass is 266 g/mol. The van der Waals surface area contributed by atoms with Crippen LogP contribution in [0.15, 0.2) is 18.2 Å². The lowest BCUT2D eigenvalue weighted by Gasteiger charge is -2.04. The molecular formula is C13H15ClN2S. The van der Waals surface area contributed by atoms with E-state index in [1.807, 2.05) is 26.0 Å². The molecule has 90 valence electrons. The van der Waals surface area contributed by atoms with Crippen LogP contribution in [0.1, 0.15) is 15.4 Å². The van der Waals surface area contributed by atoms with Gasteiger partial charge in [-0.05, 0) is 44.5 Å². The van der Waals surface area contributed by atoms with E-state index in [0.29, 0.717) is 6.54 Å². The summed E-state index contributed by atoms with van der Waals surface area (Å²) in [4.78, 5) is 5.85. The average Bonchev–Trinajstić information content (AvgIpc) is 2.64. The molecule has 1 heterocycles. The Hall–Kier alpha value is -0.900. The summed E-state index contributed by atoms with van der Waals surface area (Å²) in [7, 11) is 0. The maximum atomic E-state index is 6.04. The second-order valence-electron chi connectivity index (χ2n) is 4.01. The van der Waals surface area contributed by atoms with Gasteiger partial charge >= 0.3 is 0 Å². The Kier molecular flexibility index (Phi) is 3.82. The van der Waals surface area contributed by atoms with Crippen LogP contribution in [0.5, 0.6) is 0 Å². The summed E-state index contributed by atoms with van der Waals surface area (Å²) in [6.07, 6.45) is 0.877. The summed E-state index contributed by atoms with van der Waals surface area (Å²) in [5.74, 6) is 0. The normalized spacial score (nSPS) is 10.8. The Labute approximate surface area is 110 Å². The highest BCUT2D eigenvalue weighted by atomic mass is 35.5. The van der Waals surface area contributed by atoms with Crippen LogP contribution in [0, 0.1) is 13.8 Å². The van der Waals surface area contributed by atoms with Crippen molar-refractivity contribution >= 4 is 22.9 Å². The zero-order valence-electron chi connectivity index (χ0n) is 9.96. The van der Waals surface area contributed by atoms with Crippen LogP contribution < -0.4 is 5.73 Å². The van der Waals surface area contributed by atoms with Crippen molar-refractivity contribution in [1.29, 1.82) is 0 Å². The van der Waals surface area contributed by atoms with Gasteiger partial charge in [-0.3, -0.25) is 0 Å². The lowest BCUT2D eigenvalue weighted by Crippen LogP contribution is -2.02. The Morgan fingerprint density at radius 2 is 2.12 bits per heavy atom. The second kappa shape index (κ2) is 5.17. The maximum absolute atomic E-state index is 6.04. The van der Waals surface area contributed by atoms with E-state index in [-0.39, 0.29) is 0 Å². The summed E-state index contributed by atoms with van der Waals surface area (Å²) in [6.45, 7) is 4.69. The molecule has 4 heteroatoms. The Bertz CT molecular complexity index is 534. The van der Waals surface area contributed by atoms with Crippen molar-refractivity contribution < 1.29 is 0 Å². The number of rotatable bonds is 3. The van der Waals surface area contributed by atoms with Crippen molar-refractivity contribution in [3.8, 4) is 11.3 Å². The lowest BCUT2D eigenvalue weighted by molar-refractivity contribution is 0.985. The first kappa shape index (κ1) is 12.6. The van der Waals surface area contributed by atoms with Gasteiger partial charge in [0.15, 0.2) is 0 Å². The predicted octanol–water partition coefficient (Wildman–Crippen LogP) is 3.58. The molecule has 0 radical (unpaired) electrons. The van der Waals surface area contributed by atoms with Gasteiger partial charge < -0.3 is 5.73 Å². The van der Waals surface area contributed by atoms with Crippen LogP contribution >= 0.6 is 22.9 Å². The minimum absolute atomic E-state index is 0.654. The van der Waals surface area contributed by atoms with E-state index in [4.69, 9.17) is 17.3 Å². The van der Waals surface area contributed by atoms with Crippen LogP contribution in [-0.4, -0.2) is 11.5 Å². The molecule has 0 fully saturated rings. The quantitative estimate of drug-likeness (QED) is 0.922. The van der Waals surface area contributed by atoms with E-state index in [9.17, 15) is 0 Å². The van der Waals surface area contributed by atoms with Gasteiger partial charge in [0, 0.05) is 15.5 Å². The molecular weight excluding hydrogens is 252 g/mol. The molecule has 0 bridgehead atoms. The Morgan fingerprint density at radius 3 is 2.76 bits per heavy atom. The summed E-state index contributed by atoms with van der Waals surface area (Å²) in [5, 5.41) is 1.87. The van der Waals surface area contributed by atoms with Gasteiger partial charge in [-0.25, -0.2) is 4.98 Å². The van der Waals surface area contributed by atoms with Gasteiger partial charge in [0.05, 0.1) is 10.7 Å².